The molecule has 1 aliphatic carbocycles. The van der Waals surface area contributed by atoms with E-state index in [1.165, 1.54) is 7.11 Å². The van der Waals surface area contributed by atoms with Crippen molar-refractivity contribution >= 4 is 17.3 Å². The van der Waals surface area contributed by atoms with Gasteiger partial charge in [0.2, 0.25) is 0 Å². The first-order chi connectivity index (χ1) is 9.17. The van der Waals surface area contributed by atoms with Crippen molar-refractivity contribution in [2.75, 3.05) is 24.3 Å². The van der Waals surface area contributed by atoms with E-state index in [0.29, 0.717) is 30.3 Å². The Balaban J connectivity index is 2.35. The molecule has 1 saturated carbocycles. The maximum atomic E-state index is 11.8. The van der Waals surface area contributed by atoms with Crippen LogP contribution < -0.4 is 10.6 Å². The van der Waals surface area contributed by atoms with Crippen LogP contribution in [0.3, 0.4) is 0 Å². The van der Waals surface area contributed by atoms with Gasteiger partial charge in [0.05, 0.1) is 30.9 Å². The van der Waals surface area contributed by atoms with Gasteiger partial charge in [-0.15, -0.1) is 0 Å². The van der Waals surface area contributed by atoms with E-state index in [2.05, 4.69) is 11.0 Å². The van der Waals surface area contributed by atoms with E-state index in [1.807, 2.05) is 6.07 Å². The number of nitrogen functional groups attached to an aromatic ring is 1. The Bertz CT molecular complexity index is 518. The highest BCUT2D eigenvalue weighted by Crippen LogP contribution is 2.34. The van der Waals surface area contributed by atoms with Gasteiger partial charge < -0.3 is 15.4 Å². The molecule has 0 heterocycles. The van der Waals surface area contributed by atoms with Crippen molar-refractivity contribution in [3.05, 3.63) is 23.8 Å². The molecular weight excluding hydrogens is 242 g/mol. The molecule has 2 rings (SSSR count). The maximum absolute atomic E-state index is 11.8. The van der Waals surface area contributed by atoms with Gasteiger partial charge in [-0.25, -0.2) is 4.79 Å². The predicted octanol–water partition coefficient (Wildman–Crippen LogP) is 1.94. The number of nitrogens with two attached hydrogens (primary N) is 1. The first-order valence-corrected chi connectivity index (χ1v) is 6.28. The van der Waals surface area contributed by atoms with Crippen LogP contribution >= 0.6 is 0 Å². The number of anilines is 2. The summed E-state index contributed by atoms with van der Waals surface area (Å²) >= 11 is 0. The average molecular weight is 259 g/mol. The quantitative estimate of drug-likeness (QED) is 0.645. The van der Waals surface area contributed by atoms with Gasteiger partial charge in [0.1, 0.15) is 0 Å². The van der Waals surface area contributed by atoms with Crippen LogP contribution in [0.25, 0.3) is 0 Å². The van der Waals surface area contributed by atoms with Gasteiger partial charge in [-0.05, 0) is 31.0 Å². The van der Waals surface area contributed by atoms with Crippen LogP contribution in [-0.2, 0) is 4.74 Å². The minimum atomic E-state index is -0.398. The molecule has 5 nitrogen and oxygen atoms in total. The van der Waals surface area contributed by atoms with Crippen molar-refractivity contribution < 1.29 is 9.53 Å². The van der Waals surface area contributed by atoms with Gasteiger partial charge in [-0.3, -0.25) is 0 Å². The Morgan fingerprint density at radius 3 is 2.89 bits per heavy atom. The standard InChI is InChI=1S/C14H17N3O2/c1-19-14(18)12-9-10(16)3-6-13(12)17(8-2-7-15)11-4-5-11/h3,6,9,11H,2,4-5,8,16H2,1H3. The van der Waals surface area contributed by atoms with Crippen molar-refractivity contribution in [1.29, 1.82) is 5.26 Å². The minimum Gasteiger partial charge on any atom is -0.465 e. The Labute approximate surface area is 112 Å². The fourth-order valence-electron chi connectivity index (χ4n) is 2.13. The van der Waals surface area contributed by atoms with Crippen molar-refractivity contribution in [3.63, 3.8) is 0 Å². The highest BCUT2D eigenvalue weighted by molar-refractivity contribution is 5.97. The molecule has 0 atom stereocenters. The van der Waals surface area contributed by atoms with E-state index in [1.54, 1.807) is 12.1 Å². The van der Waals surface area contributed by atoms with Crippen LogP contribution in [0.1, 0.15) is 29.6 Å². The van der Waals surface area contributed by atoms with Gasteiger partial charge in [0, 0.05) is 18.3 Å². The lowest BCUT2D eigenvalue weighted by molar-refractivity contribution is 0.0601. The molecule has 100 valence electrons. The van der Waals surface area contributed by atoms with Crippen LogP contribution in [0.2, 0.25) is 0 Å². The molecule has 1 aromatic carbocycles. The van der Waals surface area contributed by atoms with E-state index in [0.717, 1.165) is 18.5 Å². The number of nitriles is 1. The van der Waals surface area contributed by atoms with Crippen LogP contribution in [0.5, 0.6) is 0 Å². The molecule has 1 aliphatic rings. The second-order valence-corrected chi connectivity index (χ2v) is 4.60. The zero-order chi connectivity index (χ0) is 13.8. The van der Waals surface area contributed by atoms with Crippen LogP contribution in [0, 0.1) is 11.3 Å². The number of rotatable bonds is 5. The molecule has 1 fully saturated rings. The Morgan fingerprint density at radius 2 is 2.32 bits per heavy atom. The molecular formula is C14H17N3O2. The second kappa shape index (κ2) is 5.61. The summed E-state index contributed by atoms with van der Waals surface area (Å²) in [6.45, 7) is 0.620. The molecule has 5 heteroatoms. The molecule has 0 radical (unpaired) electrons. The number of esters is 1. The number of carbonyl (C=O) groups excluding carboxylic acids is 1. The lowest BCUT2D eigenvalue weighted by atomic mass is 10.1. The summed E-state index contributed by atoms with van der Waals surface area (Å²) in [6.07, 6.45) is 2.62. The number of hydrogen-bond donors (Lipinski definition) is 1. The number of hydrogen-bond acceptors (Lipinski definition) is 5. The van der Waals surface area contributed by atoms with E-state index >= 15 is 0 Å². The fraction of sp³-hybridized carbons (Fsp3) is 0.429. The average Bonchev–Trinajstić information content (AvgIpc) is 3.24. The van der Waals surface area contributed by atoms with Crippen molar-refractivity contribution in [3.8, 4) is 6.07 Å². The van der Waals surface area contributed by atoms with Crippen LogP contribution in [0.4, 0.5) is 11.4 Å². The second-order valence-electron chi connectivity index (χ2n) is 4.60. The van der Waals surface area contributed by atoms with E-state index in [9.17, 15) is 4.79 Å². The topological polar surface area (TPSA) is 79.3 Å². The third kappa shape index (κ3) is 2.97. The molecule has 2 N–H and O–H groups in total. The third-order valence-corrected chi connectivity index (χ3v) is 3.19. The third-order valence-electron chi connectivity index (χ3n) is 3.19. The molecule has 19 heavy (non-hydrogen) atoms. The monoisotopic (exact) mass is 259 g/mol. The van der Waals surface area contributed by atoms with E-state index < -0.39 is 5.97 Å². The molecule has 0 spiro atoms. The van der Waals surface area contributed by atoms with Crippen LogP contribution in [-0.4, -0.2) is 25.7 Å². The molecule has 0 unspecified atom stereocenters. The first-order valence-electron chi connectivity index (χ1n) is 6.28. The summed E-state index contributed by atoms with van der Waals surface area (Å²) in [6, 6.07) is 7.79. The summed E-state index contributed by atoms with van der Waals surface area (Å²) < 4.78 is 4.80. The summed E-state index contributed by atoms with van der Waals surface area (Å²) in [7, 11) is 1.35. The maximum Gasteiger partial charge on any atom is 0.340 e. The summed E-state index contributed by atoms with van der Waals surface area (Å²) in [5, 5.41) is 8.74. The normalized spacial score (nSPS) is 13.7. The lowest BCUT2D eigenvalue weighted by Gasteiger charge is -2.25. The molecule has 0 bridgehead atoms. The summed E-state index contributed by atoms with van der Waals surface area (Å²) in [4.78, 5) is 13.9. The highest BCUT2D eigenvalue weighted by atomic mass is 16.5. The Hall–Kier alpha value is -2.22. The summed E-state index contributed by atoms with van der Waals surface area (Å²) in [5.41, 5.74) is 7.53. The smallest absolute Gasteiger partial charge is 0.340 e. The number of carbonyl (C=O) groups is 1. The van der Waals surface area contributed by atoms with Crippen LogP contribution in [0.15, 0.2) is 18.2 Å². The highest BCUT2D eigenvalue weighted by Gasteiger charge is 2.31. The van der Waals surface area contributed by atoms with Gasteiger partial charge in [0.15, 0.2) is 0 Å². The van der Waals surface area contributed by atoms with Crippen molar-refractivity contribution in [1.82, 2.24) is 0 Å². The zero-order valence-corrected chi connectivity index (χ0v) is 10.9. The Kier molecular flexibility index (Phi) is 3.91. The molecule has 1 aromatic rings. The lowest BCUT2D eigenvalue weighted by Crippen LogP contribution is -2.28. The molecule has 0 aromatic heterocycles. The van der Waals surface area contributed by atoms with Crippen molar-refractivity contribution in [2.45, 2.75) is 25.3 Å². The molecule has 0 amide bonds. The number of benzene rings is 1. The number of methoxy groups -OCH3 is 1. The zero-order valence-electron chi connectivity index (χ0n) is 10.9. The largest absolute Gasteiger partial charge is 0.465 e. The van der Waals surface area contributed by atoms with Gasteiger partial charge in [-0.2, -0.15) is 5.26 Å². The number of nitrogens with zero attached hydrogens (tertiary/aromatic N) is 2. The molecule has 0 aliphatic heterocycles. The Morgan fingerprint density at radius 1 is 1.58 bits per heavy atom. The van der Waals surface area contributed by atoms with Gasteiger partial charge in [-0.1, -0.05) is 0 Å². The van der Waals surface area contributed by atoms with Crippen molar-refractivity contribution in [2.24, 2.45) is 0 Å². The van der Waals surface area contributed by atoms with E-state index in [4.69, 9.17) is 15.7 Å². The van der Waals surface area contributed by atoms with E-state index in [-0.39, 0.29) is 0 Å². The van der Waals surface area contributed by atoms with Gasteiger partial charge in [0.25, 0.3) is 0 Å². The fourth-order valence-corrected chi connectivity index (χ4v) is 2.13. The number of ether oxygens (including phenoxy) is 1. The predicted molar refractivity (Wildman–Crippen MR) is 72.8 cm³/mol. The molecule has 0 saturated heterocycles. The summed E-state index contributed by atoms with van der Waals surface area (Å²) in [5.74, 6) is -0.398. The minimum absolute atomic E-state index is 0.398. The van der Waals surface area contributed by atoms with Gasteiger partial charge >= 0.3 is 5.97 Å². The SMILES string of the molecule is COC(=O)c1cc(N)ccc1N(CCC#N)C1CC1. The first kappa shape index (κ1) is 13.2.